The van der Waals surface area contributed by atoms with Gasteiger partial charge in [0.1, 0.15) is 0 Å². The van der Waals surface area contributed by atoms with Crippen molar-refractivity contribution < 1.29 is 14.4 Å². The summed E-state index contributed by atoms with van der Waals surface area (Å²) in [6, 6.07) is 4.79. The van der Waals surface area contributed by atoms with Crippen molar-refractivity contribution in [3.05, 3.63) is 29.3 Å². The molecule has 1 aromatic carbocycles. The average molecular weight is 282 g/mol. The first-order valence-electron chi connectivity index (χ1n) is 4.68. The quantitative estimate of drug-likeness (QED) is 0.517. The zero-order valence-electron chi connectivity index (χ0n) is 8.25. The number of Topliss-reactive ketones (excluding diaryl/α,β-unsaturated/α-hetero) is 2. The monoisotopic (exact) mass is 281 g/mol. The van der Waals surface area contributed by atoms with Gasteiger partial charge in [-0.05, 0) is 23.8 Å². The van der Waals surface area contributed by atoms with E-state index in [4.69, 9.17) is 0 Å². The molecular weight excluding hydrogens is 274 g/mol. The number of fused-ring (bicyclic) bond motifs is 1. The molecule has 1 aromatic rings. The van der Waals surface area contributed by atoms with Crippen LogP contribution in [-0.2, 0) is 16.0 Å². The van der Waals surface area contributed by atoms with Gasteiger partial charge in [0.2, 0.25) is 17.5 Å². The number of carbonyl (C=O) groups is 3. The van der Waals surface area contributed by atoms with E-state index in [1.165, 1.54) is 0 Å². The van der Waals surface area contributed by atoms with Crippen molar-refractivity contribution in [2.45, 2.75) is 6.42 Å². The number of hydrogen-bond acceptors (Lipinski definition) is 3. The van der Waals surface area contributed by atoms with E-state index < -0.39 is 11.6 Å². The second-order valence-electron chi connectivity index (χ2n) is 3.48. The van der Waals surface area contributed by atoms with Gasteiger partial charge in [0.15, 0.2) is 0 Å². The van der Waals surface area contributed by atoms with Crippen molar-refractivity contribution in [2.75, 3.05) is 10.6 Å². The van der Waals surface area contributed by atoms with Gasteiger partial charge in [0.05, 0.1) is 11.8 Å². The van der Waals surface area contributed by atoms with Gasteiger partial charge >= 0.3 is 0 Å². The van der Waals surface area contributed by atoms with Crippen LogP contribution in [0.3, 0.4) is 0 Å². The van der Waals surface area contributed by atoms with E-state index in [0.29, 0.717) is 11.3 Å². The van der Waals surface area contributed by atoms with Crippen molar-refractivity contribution in [2.24, 2.45) is 0 Å². The summed E-state index contributed by atoms with van der Waals surface area (Å²) in [5.74, 6) is -1.11. The van der Waals surface area contributed by atoms with Crippen molar-refractivity contribution in [1.29, 1.82) is 0 Å². The molecule has 0 aromatic heterocycles. The zero-order valence-corrected chi connectivity index (χ0v) is 9.83. The SMILES string of the molecule is O=C1Cc2cc(C(=O)C(=O)CBr)ccc2N1. The molecule has 5 heteroatoms. The predicted octanol–water partition coefficient (Wildman–Crippen LogP) is 1.33. The first-order chi connectivity index (χ1) is 7.61. The van der Waals surface area contributed by atoms with Gasteiger partial charge in [-0.2, -0.15) is 0 Å². The smallest absolute Gasteiger partial charge is 0.229 e. The van der Waals surface area contributed by atoms with E-state index >= 15 is 0 Å². The summed E-state index contributed by atoms with van der Waals surface area (Å²) in [5.41, 5.74) is 1.81. The van der Waals surface area contributed by atoms with Crippen LogP contribution in [0, 0.1) is 0 Å². The normalized spacial score (nSPS) is 13.2. The molecule has 0 radical (unpaired) electrons. The number of benzene rings is 1. The van der Waals surface area contributed by atoms with E-state index in [1.807, 2.05) is 0 Å². The first kappa shape index (κ1) is 11.0. The molecule has 0 saturated carbocycles. The molecule has 0 bridgehead atoms. The maximum absolute atomic E-state index is 11.6. The van der Waals surface area contributed by atoms with Gasteiger partial charge in [0, 0.05) is 11.3 Å². The minimum absolute atomic E-state index is 0.0140. The van der Waals surface area contributed by atoms with Crippen LogP contribution in [0.15, 0.2) is 18.2 Å². The largest absolute Gasteiger partial charge is 0.326 e. The molecule has 1 aliphatic heterocycles. The molecule has 0 atom stereocenters. The Balaban J connectivity index is 2.32. The van der Waals surface area contributed by atoms with Gasteiger partial charge in [-0.15, -0.1) is 0 Å². The summed E-state index contributed by atoms with van der Waals surface area (Å²) in [5, 5.41) is 2.68. The molecule has 0 spiro atoms. The minimum Gasteiger partial charge on any atom is -0.326 e. The second kappa shape index (κ2) is 4.17. The number of nitrogens with one attached hydrogen (secondary N) is 1. The number of anilines is 1. The second-order valence-corrected chi connectivity index (χ2v) is 4.04. The van der Waals surface area contributed by atoms with Crippen LogP contribution in [0.5, 0.6) is 0 Å². The molecule has 0 unspecified atom stereocenters. The lowest BCUT2D eigenvalue weighted by molar-refractivity contribution is -0.115. The van der Waals surface area contributed by atoms with Crippen molar-refractivity contribution >= 4 is 39.1 Å². The summed E-state index contributed by atoms with van der Waals surface area (Å²) in [6.45, 7) is 0. The Labute approximate surface area is 100 Å². The lowest BCUT2D eigenvalue weighted by Gasteiger charge is -2.01. The Morgan fingerprint density at radius 2 is 2.12 bits per heavy atom. The van der Waals surface area contributed by atoms with Crippen LogP contribution in [0.25, 0.3) is 0 Å². The van der Waals surface area contributed by atoms with E-state index in [-0.39, 0.29) is 17.7 Å². The number of rotatable bonds is 3. The third kappa shape index (κ3) is 1.90. The van der Waals surface area contributed by atoms with Crippen LogP contribution >= 0.6 is 15.9 Å². The summed E-state index contributed by atoms with van der Waals surface area (Å²) in [7, 11) is 0. The summed E-state index contributed by atoms with van der Waals surface area (Å²) in [4.78, 5) is 33.9. The Morgan fingerprint density at radius 3 is 2.81 bits per heavy atom. The molecular formula is C11H8BrNO3. The topological polar surface area (TPSA) is 63.2 Å². The fourth-order valence-corrected chi connectivity index (χ4v) is 1.85. The highest BCUT2D eigenvalue weighted by atomic mass is 79.9. The minimum atomic E-state index is -0.529. The van der Waals surface area contributed by atoms with Crippen LogP contribution in [0.1, 0.15) is 15.9 Å². The molecule has 0 fully saturated rings. The van der Waals surface area contributed by atoms with E-state index in [9.17, 15) is 14.4 Å². The van der Waals surface area contributed by atoms with Crippen molar-refractivity contribution in [3.8, 4) is 0 Å². The molecule has 1 heterocycles. The number of alkyl halides is 1. The maximum atomic E-state index is 11.6. The molecule has 16 heavy (non-hydrogen) atoms. The van der Waals surface area contributed by atoms with Crippen LogP contribution in [0.4, 0.5) is 5.69 Å². The number of carbonyl (C=O) groups excluding carboxylic acids is 3. The third-order valence-electron chi connectivity index (χ3n) is 2.37. The number of halogens is 1. The molecule has 1 amide bonds. The van der Waals surface area contributed by atoms with Gasteiger partial charge in [-0.25, -0.2) is 0 Å². The highest BCUT2D eigenvalue weighted by Crippen LogP contribution is 2.24. The lowest BCUT2D eigenvalue weighted by Crippen LogP contribution is -2.15. The van der Waals surface area contributed by atoms with Crippen molar-refractivity contribution in [3.63, 3.8) is 0 Å². The number of amides is 1. The Bertz CT molecular complexity index is 496. The average Bonchev–Trinajstić information content (AvgIpc) is 2.65. The summed E-state index contributed by atoms with van der Waals surface area (Å²) in [6.07, 6.45) is 0.263. The maximum Gasteiger partial charge on any atom is 0.229 e. The van der Waals surface area contributed by atoms with Gasteiger partial charge in [-0.1, -0.05) is 15.9 Å². The zero-order chi connectivity index (χ0) is 11.7. The standard InChI is InChI=1S/C11H8BrNO3/c12-5-9(14)11(16)6-1-2-8-7(3-6)4-10(15)13-8/h1-3H,4-5H2,(H,13,15). The summed E-state index contributed by atoms with van der Waals surface area (Å²) >= 11 is 2.95. The van der Waals surface area contributed by atoms with Crippen LogP contribution < -0.4 is 5.32 Å². The molecule has 1 N–H and O–H groups in total. The van der Waals surface area contributed by atoms with E-state index in [2.05, 4.69) is 21.2 Å². The molecule has 0 aliphatic carbocycles. The van der Waals surface area contributed by atoms with Crippen molar-refractivity contribution in [1.82, 2.24) is 0 Å². The van der Waals surface area contributed by atoms with E-state index in [1.54, 1.807) is 18.2 Å². The fourth-order valence-electron chi connectivity index (χ4n) is 1.59. The molecule has 1 aliphatic rings. The molecule has 2 rings (SSSR count). The fraction of sp³-hybridized carbons (Fsp3) is 0.182. The Morgan fingerprint density at radius 1 is 1.38 bits per heavy atom. The number of hydrogen-bond donors (Lipinski definition) is 1. The number of ketones is 2. The third-order valence-corrected chi connectivity index (χ3v) is 2.88. The first-order valence-corrected chi connectivity index (χ1v) is 5.80. The van der Waals surface area contributed by atoms with Gasteiger partial charge in [0.25, 0.3) is 0 Å². The lowest BCUT2D eigenvalue weighted by atomic mass is 10.0. The molecule has 82 valence electrons. The van der Waals surface area contributed by atoms with Crippen LogP contribution in [-0.4, -0.2) is 22.8 Å². The molecule has 0 saturated heterocycles. The summed E-state index contributed by atoms with van der Waals surface area (Å²) < 4.78 is 0. The Hall–Kier alpha value is -1.49. The highest BCUT2D eigenvalue weighted by molar-refractivity contribution is 9.09. The van der Waals surface area contributed by atoms with Gasteiger partial charge in [-0.3, -0.25) is 14.4 Å². The Kier molecular flexibility index (Phi) is 2.87. The highest BCUT2D eigenvalue weighted by Gasteiger charge is 2.21. The molecule has 4 nitrogen and oxygen atoms in total. The van der Waals surface area contributed by atoms with E-state index in [0.717, 1.165) is 5.56 Å². The predicted molar refractivity (Wildman–Crippen MR) is 61.9 cm³/mol. The van der Waals surface area contributed by atoms with Crippen LogP contribution in [0.2, 0.25) is 0 Å². The van der Waals surface area contributed by atoms with Gasteiger partial charge < -0.3 is 5.32 Å².